The van der Waals surface area contributed by atoms with Crippen LogP contribution in [-0.2, 0) is 13.5 Å². The van der Waals surface area contributed by atoms with E-state index in [0.717, 1.165) is 29.8 Å². The molecule has 0 aliphatic rings. The number of benzene rings is 1. The molecule has 0 saturated heterocycles. The molecule has 2 aromatic rings. The largest absolute Gasteiger partial charge is 0.504 e. The molecule has 0 aliphatic heterocycles. The molecule has 3 heteroatoms. The molecule has 90 valence electrons. The molecular weight excluding hydrogens is 212 g/mol. The molecule has 1 N–H and O–H groups in total. The number of rotatable bonds is 3. The van der Waals surface area contributed by atoms with Crippen molar-refractivity contribution < 1.29 is 5.11 Å². The van der Waals surface area contributed by atoms with Crippen LogP contribution in [0.5, 0.6) is 5.75 Å². The van der Waals surface area contributed by atoms with E-state index >= 15 is 0 Å². The molecule has 0 spiro atoms. The molecular formula is C14H18N2O. The summed E-state index contributed by atoms with van der Waals surface area (Å²) in [4.78, 5) is 0. The van der Waals surface area contributed by atoms with Crippen molar-refractivity contribution in [2.75, 3.05) is 0 Å². The van der Waals surface area contributed by atoms with Gasteiger partial charge in [-0.25, -0.2) is 0 Å². The van der Waals surface area contributed by atoms with Crippen LogP contribution in [0.4, 0.5) is 0 Å². The zero-order chi connectivity index (χ0) is 12.4. The summed E-state index contributed by atoms with van der Waals surface area (Å²) >= 11 is 0. The number of aromatic hydroxyl groups is 1. The Morgan fingerprint density at radius 2 is 2.12 bits per heavy atom. The van der Waals surface area contributed by atoms with Crippen molar-refractivity contribution in [3.05, 3.63) is 35.5 Å². The second-order valence-electron chi connectivity index (χ2n) is 4.39. The minimum absolute atomic E-state index is 0.319. The van der Waals surface area contributed by atoms with Gasteiger partial charge in [-0.2, -0.15) is 5.10 Å². The van der Waals surface area contributed by atoms with E-state index in [9.17, 15) is 5.11 Å². The Morgan fingerprint density at radius 3 is 2.76 bits per heavy atom. The lowest BCUT2D eigenvalue weighted by Crippen LogP contribution is -1.94. The van der Waals surface area contributed by atoms with Gasteiger partial charge in [-0.05, 0) is 19.4 Å². The molecule has 0 fully saturated rings. The van der Waals surface area contributed by atoms with Gasteiger partial charge in [0.1, 0.15) is 11.4 Å². The molecule has 0 saturated carbocycles. The average molecular weight is 230 g/mol. The van der Waals surface area contributed by atoms with Crippen molar-refractivity contribution in [1.29, 1.82) is 0 Å². The summed E-state index contributed by atoms with van der Waals surface area (Å²) in [6.45, 7) is 4.13. The first-order chi connectivity index (χ1) is 8.13. The Kier molecular flexibility index (Phi) is 3.18. The van der Waals surface area contributed by atoms with Crippen molar-refractivity contribution in [3.8, 4) is 17.0 Å². The van der Waals surface area contributed by atoms with Gasteiger partial charge in [0.05, 0.1) is 0 Å². The highest BCUT2D eigenvalue weighted by Gasteiger charge is 2.15. The zero-order valence-corrected chi connectivity index (χ0v) is 10.6. The van der Waals surface area contributed by atoms with Crippen LogP contribution in [0.15, 0.2) is 24.3 Å². The maximum atomic E-state index is 10.2. The van der Waals surface area contributed by atoms with Crippen LogP contribution >= 0.6 is 0 Å². The van der Waals surface area contributed by atoms with E-state index in [-0.39, 0.29) is 0 Å². The summed E-state index contributed by atoms with van der Waals surface area (Å²) in [7, 11) is 1.87. The Morgan fingerprint density at radius 1 is 1.35 bits per heavy atom. The first-order valence-electron chi connectivity index (χ1n) is 5.95. The fraction of sp³-hybridized carbons (Fsp3) is 0.357. The summed E-state index contributed by atoms with van der Waals surface area (Å²) in [5.74, 6) is 0.319. The van der Waals surface area contributed by atoms with Crippen LogP contribution in [0.3, 0.4) is 0 Å². The highest BCUT2D eigenvalue weighted by atomic mass is 16.3. The Hall–Kier alpha value is -1.77. The molecule has 0 radical (unpaired) electrons. The van der Waals surface area contributed by atoms with Gasteiger partial charge < -0.3 is 5.11 Å². The van der Waals surface area contributed by atoms with Gasteiger partial charge in [0.25, 0.3) is 0 Å². The lowest BCUT2D eigenvalue weighted by molar-refractivity contribution is 0.469. The predicted octanol–water partition coefficient (Wildman–Crippen LogP) is 3.05. The maximum absolute atomic E-state index is 10.2. The van der Waals surface area contributed by atoms with E-state index in [1.807, 2.05) is 32.2 Å². The SMILES string of the molecule is CCCc1nn(C)c(-c2cccc(C)c2)c1O. The smallest absolute Gasteiger partial charge is 0.164 e. The normalized spacial score (nSPS) is 10.8. The Balaban J connectivity index is 2.52. The molecule has 2 rings (SSSR count). The molecule has 0 unspecified atom stereocenters. The molecule has 0 bridgehead atoms. The number of nitrogens with zero attached hydrogens (tertiary/aromatic N) is 2. The van der Waals surface area contributed by atoms with Crippen molar-refractivity contribution >= 4 is 0 Å². The fourth-order valence-corrected chi connectivity index (χ4v) is 2.09. The number of aromatic nitrogens is 2. The first-order valence-corrected chi connectivity index (χ1v) is 5.95. The predicted molar refractivity (Wildman–Crippen MR) is 69.0 cm³/mol. The van der Waals surface area contributed by atoms with E-state index in [1.165, 1.54) is 5.56 Å². The van der Waals surface area contributed by atoms with Crippen molar-refractivity contribution in [2.24, 2.45) is 7.05 Å². The van der Waals surface area contributed by atoms with E-state index in [4.69, 9.17) is 0 Å². The minimum Gasteiger partial charge on any atom is -0.504 e. The van der Waals surface area contributed by atoms with Gasteiger partial charge in [-0.1, -0.05) is 37.1 Å². The number of hydrogen-bond acceptors (Lipinski definition) is 2. The van der Waals surface area contributed by atoms with Crippen LogP contribution in [0, 0.1) is 6.92 Å². The monoisotopic (exact) mass is 230 g/mol. The van der Waals surface area contributed by atoms with Gasteiger partial charge in [0, 0.05) is 12.6 Å². The average Bonchev–Trinajstić information content (AvgIpc) is 2.55. The molecule has 1 aromatic carbocycles. The first kappa shape index (κ1) is 11.7. The highest BCUT2D eigenvalue weighted by Crippen LogP contribution is 2.32. The van der Waals surface area contributed by atoms with Gasteiger partial charge in [-0.15, -0.1) is 0 Å². The second kappa shape index (κ2) is 4.62. The standard InChI is InChI=1S/C14H18N2O/c1-4-6-12-14(17)13(16(3)15-12)11-8-5-7-10(2)9-11/h5,7-9,17H,4,6H2,1-3H3. The maximum Gasteiger partial charge on any atom is 0.164 e. The van der Waals surface area contributed by atoms with Crippen LogP contribution in [-0.4, -0.2) is 14.9 Å². The topological polar surface area (TPSA) is 38.0 Å². The van der Waals surface area contributed by atoms with Crippen LogP contribution in [0.2, 0.25) is 0 Å². The Labute approximate surface area is 102 Å². The second-order valence-corrected chi connectivity index (χ2v) is 4.39. The van der Waals surface area contributed by atoms with Gasteiger partial charge in [-0.3, -0.25) is 4.68 Å². The molecule has 3 nitrogen and oxygen atoms in total. The third-order valence-corrected chi connectivity index (χ3v) is 2.87. The van der Waals surface area contributed by atoms with Crippen molar-refractivity contribution in [1.82, 2.24) is 9.78 Å². The summed E-state index contributed by atoms with van der Waals surface area (Å²) < 4.78 is 1.76. The van der Waals surface area contributed by atoms with E-state index < -0.39 is 0 Å². The lowest BCUT2D eigenvalue weighted by atomic mass is 10.1. The minimum atomic E-state index is 0.319. The summed E-state index contributed by atoms with van der Waals surface area (Å²) in [6.07, 6.45) is 1.79. The molecule has 17 heavy (non-hydrogen) atoms. The van der Waals surface area contributed by atoms with Crippen molar-refractivity contribution in [3.63, 3.8) is 0 Å². The van der Waals surface area contributed by atoms with Crippen LogP contribution in [0.25, 0.3) is 11.3 Å². The Bertz CT molecular complexity index is 529. The number of aryl methyl sites for hydroxylation is 3. The lowest BCUT2D eigenvalue weighted by Gasteiger charge is -2.03. The molecule has 1 aromatic heterocycles. The quantitative estimate of drug-likeness (QED) is 0.880. The van der Waals surface area contributed by atoms with Crippen LogP contribution < -0.4 is 0 Å². The van der Waals surface area contributed by atoms with Gasteiger partial charge in [0.2, 0.25) is 0 Å². The van der Waals surface area contributed by atoms with E-state index in [0.29, 0.717) is 5.75 Å². The summed E-state index contributed by atoms with van der Waals surface area (Å²) in [6, 6.07) is 8.10. The zero-order valence-electron chi connectivity index (χ0n) is 10.6. The van der Waals surface area contributed by atoms with Crippen LogP contribution in [0.1, 0.15) is 24.6 Å². The molecule has 1 heterocycles. The third-order valence-electron chi connectivity index (χ3n) is 2.87. The third kappa shape index (κ3) is 2.18. The fourth-order valence-electron chi connectivity index (χ4n) is 2.09. The summed E-state index contributed by atoms with van der Waals surface area (Å²) in [5, 5.41) is 14.6. The van der Waals surface area contributed by atoms with E-state index in [2.05, 4.69) is 18.1 Å². The molecule has 0 atom stereocenters. The highest BCUT2D eigenvalue weighted by molar-refractivity contribution is 5.68. The van der Waals surface area contributed by atoms with Crippen molar-refractivity contribution in [2.45, 2.75) is 26.7 Å². The summed E-state index contributed by atoms with van der Waals surface area (Å²) in [5.41, 5.74) is 3.78. The molecule has 0 aliphatic carbocycles. The van der Waals surface area contributed by atoms with E-state index in [1.54, 1.807) is 4.68 Å². The van der Waals surface area contributed by atoms with Gasteiger partial charge in [0.15, 0.2) is 5.75 Å². The number of hydrogen-bond donors (Lipinski definition) is 1. The molecule has 0 amide bonds. The van der Waals surface area contributed by atoms with Gasteiger partial charge >= 0.3 is 0 Å².